The van der Waals surface area contributed by atoms with Crippen LogP contribution in [0.5, 0.6) is 0 Å². The minimum atomic E-state index is 0.147. The Morgan fingerprint density at radius 2 is 1.86 bits per heavy atom. The van der Waals surface area contributed by atoms with Crippen molar-refractivity contribution in [3.05, 3.63) is 34.3 Å². The average Bonchev–Trinajstić information content (AvgIpc) is 2.44. The highest BCUT2D eigenvalue weighted by Crippen LogP contribution is 2.23. The number of hydrogen-bond acceptors (Lipinski definition) is 2. The summed E-state index contributed by atoms with van der Waals surface area (Å²) in [6, 6.07) is 8.62. The summed E-state index contributed by atoms with van der Waals surface area (Å²) in [7, 11) is 1.99. The highest BCUT2D eigenvalue weighted by atomic mass is 79.9. The zero-order valence-corrected chi connectivity index (χ0v) is 14.5. The maximum absolute atomic E-state index is 12.1. The maximum atomic E-state index is 12.1. The Labute approximate surface area is 136 Å². The minimum absolute atomic E-state index is 0.147. The summed E-state index contributed by atoms with van der Waals surface area (Å²) < 4.78 is 1.08. The van der Waals surface area contributed by atoms with Crippen LogP contribution >= 0.6 is 15.9 Å². The second-order valence-corrected chi connectivity index (χ2v) is 7.24. The van der Waals surface area contributed by atoms with Gasteiger partial charge in [-0.05, 0) is 56.3 Å². The van der Waals surface area contributed by atoms with E-state index >= 15 is 0 Å². The van der Waals surface area contributed by atoms with Crippen LogP contribution in [0.4, 0.5) is 0 Å². The molecule has 21 heavy (non-hydrogen) atoms. The number of amides is 1. The van der Waals surface area contributed by atoms with Gasteiger partial charge >= 0.3 is 0 Å². The highest BCUT2D eigenvalue weighted by Gasteiger charge is 2.20. The fraction of sp³-hybridized carbons (Fsp3) is 0.588. The van der Waals surface area contributed by atoms with Gasteiger partial charge in [-0.15, -0.1) is 0 Å². The third-order valence-electron chi connectivity index (χ3n) is 4.16. The first-order valence-electron chi connectivity index (χ1n) is 7.75. The lowest BCUT2D eigenvalue weighted by Gasteiger charge is -2.27. The molecule has 0 saturated heterocycles. The van der Waals surface area contributed by atoms with Gasteiger partial charge in [-0.1, -0.05) is 35.0 Å². The zero-order valence-electron chi connectivity index (χ0n) is 12.9. The van der Waals surface area contributed by atoms with Crippen molar-refractivity contribution in [2.24, 2.45) is 5.92 Å². The smallest absolute Gasteiger partial charge is 0.234 e. The zero-order chi connectivity index (χ0) is 15.2. The second-order valence-electron chi connectivity index (χ2n) is 6.32. The first kappa shape index (κ1) is 16.5. The molecule has 0 atom stereocenters. The van der Waals surface area contributed by atoms with Crippen LogP contribution in [0.3, 0.4) is 0 Å². The summed E-state index contributed by atoms with van der Waals surface area (Å²) in [6.07, 6.45) is 4.73. The summed E-state index contributed by atoms with van der Waals surface area (Å²) in [5.74, 6) is 0.965. The van der Waals surface area contributed by atoms with Crippen LogP contribution in [0.25, 0.3) is 0 Å². The van der Waals surface area contributed by atoms with E-state index in [1.165, 1.54) is 18.4 Å². The van der Waals surface area contributed by atoms with Gasteiger partial charge in [0.05, 0.1) is 6.54 Å². The lowest BCUT2D eigenvalue weighted by atomic mass is 9.87. The first-order chi connectivity index (χ1) is 10.0. The molecule has 4 heteroatoms. The molecule has 0 aromatic heterocycles. The molecule has 1 aromatic carbocycles. The van der Waals surface area contributed by atoms with E-state index < -0.39 is 0 Å². The van der Waals surface area contributed by atoms with Crippen molar-refractivity contribution in [3.63, 3.8) is 0 Å². The monoisotopic (exact) mass is 352 g/mol. The molecule has 0 heterocycles. The van der Waals surface area contributed by atoms with Crippen molar-refractivity contribution in [3.8, 4) is 0 Å². The summed E-state index contributed by atoms with van der Waals surface area (Å²) in [5.41, 5.74) is 1.22. The molecule has 1 aliphatic rings. The lowest BCUT2D eigenvalue weighted by Crippen LogP contribution is -2.42. The quantitative estimate of drug-likeness (QED) is 0.878. The van der Waals surface area contributed by atoms with Crippen LogP contribution in [0.1, 0.15) is 38.2 Å². The van der Waals surface area contributed by atoms with Gasteiger partial charge in [0.2, 0.25) is 5.91 Å². The van der Waals surface area contributed by atoms with E-state index in [9.17, 15) is 4.79 Å². The van der Waals surface area contributed by atoms with Gasteiger partial charge in [0.25, 0.3) is 0 Å². The number of benzene rings is 1. The lowest BCUT2D eigenvalue weighted by molar-refractivity contribution is -0.123. The number of nitrogens with one attached hydrogen (secondary N) is 1. The Morgan fingerprint density at radius 3 is 2.48 bits per heavy atom. The first-order valence-corrected chi connectivity index (χ1v) is 8.54. The summed E-state index contributed by atoms with van der Waals surface area (Å²) >= 11 is 3.43. The van der Waals surface area contributed by atoms with E-state index in [1.807, 2.05) is 19.2 Å². The molecular weight excluding hydrogens is 328 g/mol. The molecule has 0 bridgehead atoms. The molecule has 0 spiro atoms. The van der Waals surface area contributed by atoms with Gasteiger partial charge < -0.3 is 5.32 Å². The molecule has 1 aromatic rings. The normalized spacial score (nSPS) is 22.3. The number of hydrogen-bond donors (Lipinski definition) is 1. The maximum Gasteiger partial charge on any atom is 0.234 e. The van der Waals surface area contributed by atoms with Gasteiger partial charge in [0.15, 0.2) is 0 Å². The molecule has 0 radical (unpaired) electrons. The van der Waals surface area contributed by atoms with Crippen LogP contribution in [0, 0.1) is 5.92 Å². The Balaban J connectivity index is 1.73. The van der Waals surface area contributed by atoms with Crippen molar-refractivity contribution in [2.75, 3.05) is 13.6 Å². The molecule has 0 aliphatic heterocycles. The van der Waals surface area contributed by atoms with Gasteiger partial charge in [0.1, 0.15) is 0 Å². The molecule has 1 amide bonds. The number of rotatable bonds is 5. The molecule has 1 aliphatic carbocycles. The molecule has 0 unspecified atom stereocenters. The predicted octanol–water partition coefficient (Wildman–Crippen LogP) is 3.58. The minimum Gasteiger partial charge on any atom is -0.352 e. The molecule has 1 N–H and O–H groups in total. The van der Waals surface area contributed by atoms with E-state index in [2.05, 4.69) is 45.2 Å². The number of likely N-dealkylation sites (N-methyl/N-ethyl adjacent to an activating group) is 1. The standard InChI is InChI=1S/C17H25BrN2O/c1-13-3-9-16(10-4-13)19-17(21)12-20(2)11-14-5-7-15(18)8-6-14/h5-8,13,16H,3-4,9-12H2,1-2H3,(H,19,21). The van der Waals surface area contributed by atoms with Gasteiger partial charge in [-0.3, -0.25) is 9.69 Å². The highest BCUT2D eigenvalue weighted by molar-refractivity contribution is 9.10. The molecule has 3 nitrogen and oxygen atoms in total. The summed E-state index contributed by atoms with van der Waals surface area (Å²) in [5, 5.41) is 3.18. The van der Waals surface area contributed by atoms with Crippen molar-refractivity contribution in [2.45, 2.75) is 45.2 Å². The van der Waals surface area contributed by atoms with Crippen molar-refractivity contribution in [1.29, 1.82) is 0 Å². The second kappa shape index (κ2) is 7.95. The van der Waals surface area contributed by atoms with E-state index in [4.69, 9.17) is 0 Å². The predicted molar refractivity (Wildman–Crippen MR) is 90.0 cm³/mol. The van der Waals surface area contributed by atoms with Gasteiger partial charge in [-0.25, -0.2) is 0 Å². The van der Waals surface area contributed by atoms with E-state index in [0.29, 0.717) is 12.6 Å². The Hall–Kier alpha value is -0.870. The van der Waals surface area contributed by atoms with Gasteiger partial charge in [0, 0.05) is 17.1 Å². The number of carbonyl (C=O) groups is 1. The van der Waals surface area contributed by atoms with Crippen LogP contribution in [-0.2, 0) is 11.3 Å². The molecule has 1 saturated carbocycles. The third-order valence-corrected chi connectivity index (χ3v) is 4.69. The fourth-order valence-corrected chi connectivity index (χ4v) is 3.14. The van der Waals surface area contributed by atoms with Crippen LogP contribution in [-0.4, -0.2) is 30.4 Å². The van der Waals surface area contributed by atoms with Crippen LogP contribution in [0.15, 0.2) is 28.7 Å². The molecule has 1 fully saturated rings. The topological polar surface area (TPSA) is 32.3 Å². The number of carbonyl (C=O) groups excluding carboxylic acids is 1. The van der Waals surface area contributed by atoms with E-state index in [1.54, 1.807) is 0 Å². The largest absolute Gasteiger partial charge is 0.352 e. The van der Waals surface area contributed by atoms with Crippen molar-refractivity contribution >= 4 is 21.8 Å². The van der Waals surface area contributed by atoms with Crippen molar-refractivity contribution < 1.29 is 4.79 Å². The third kappa shape index (κ3) is 5.79. The number of halogens is 1. The Kier molecular flexibility index (Phi) is 6.24. The molecule has 116 valence electrons. The van der Waals surface area contributed by atoms with Gasteiger partial charge in [-0.2, -0.15) is 0 Å². The van der Waals surface area contributed by atoms with Crippen LogP contribution in [0.2, 0.25) is 0 Å². The summed E-state index contributed by atoms with van der Waals surface area (Å²) in [6.45, 7) is 3.55. The van der Waals surface area contributed by atoms with E-state index in [0.717, 1.165) is 29.8 Å². The molecule has 2 rings (SSSR count). The fourth-order valence-electron chi connectivity index (χ4n) is 2.88. The summed E-state index contributed by atoms with van der Waals surface area (Å²) in [4.78, 5) is 14.1. The number of nitrogens with zero attached hydrogens (tertiary/aromatic N) is 1. The SMILES string of the molecule is CC1CCC(NC(=O)CN(C)Cc2ccc(Br)cc2)CC1. The Morgan fingerprint density at radius 1 is 1.24 bits per heavy atom. The molecular formula is C17H25BrN2O. The van der Waals surface area contributed by atoms with Crippen molar-refractivity contribution in [1.82, 2.24) is 10.2 Å². The van der Waals surface area contributed by atoms with E-state index in [-0.39, 0.29) is 5.91 Å². The van der Waals surface area contributed by atoms with Crippen LogP contribution < -0.4 is 5.32 Å². The Bertz CT molecular complexity index is 452. The average molecular weight is 353 g/mol.